The second kappa shape index (κ2) is 34.8. The Hall–Kier alpha value is -1.02. The van der Waals surface area contributed by atoms with Crippen LogP contribution in [-0.4, -0.2) is 47.8 Å². The molecule has 1 amide bonds. The average molecular weight is 687 g/mol. The fraction of sp³-hybridized carbons (Fsp3) is 0.868. The molecule has 0 fully saturated rings. The molecule has 0 heterocycles. The third-order valence-corrected chi connectivity index (χ3v) is 9.51. The molecule has 0 rings (SSSR count). The fourth-order valence-electron chi connectivity index (χ4n) is 5.54. The lowest BCUT2D eigenvalue weighted by Gasteiger charge is -2.23. The van der Waals surface area contributed by atoms with Crippen LogP contribution in [-0.2, 0) is 18.4 Å². The van der Waals surface area contributed by atoms with Gasteiger partial charge in [-0.15, -0.1) is 0 Å². The highest BCUT2D eigenvalue weighted by Gasteiger charge is 2.26. The number of amides is 1. The van der Waals surface area contributed by atoms with Crippen LogP contribution >= 0.6 is 7.82 Å². The van der Waals surface area contributed by atoms with Crippen molar-refractivity contribution in [3.8, 4) is 0 Å². The van der Waals surface area contributed by atoms with Gasteiger partial charge >= 0.3 is 7.82 Å². The van der Waals surface area contributed by atoms with Crippen LogP contribution in [0.4, 0.5) is 0 Å². The van der Waals surface area contributed by atoms with Gasteiger partial charge in [-0.1, -0.05) is 154 Å². The van der Waals surface area contributed by atoms with E-state index in [0.29, 0.717) is 6.42 Å². The summed E-state index contributed by atoms with van der Waals surface area (Å²) in [7, 11) is -4.33. The van der Waals surface area contributed by atoms with Crippen LogP contribution in [0.15, 0.2) is 24.3 Å². The first-order chi connectivity index (χ1) is 22.9. The van der Waals surface area contributed by atoms with Gasteiger partial charge in [-0.25, -0.2) is 4.57 Å². The Morgan fingerprint density at radius 1 is 0.681 bits per heavy atom. The van der Waals surface area contributed by atoms with E-state index in [9.17, 15) is 19.4 Å². The number of phosphoric ester groups is 1. The topological polar surface area (TPSA) is 131 Å². The minimum Gasteiger partial charge on any atom is -0.387 e. The number of aliphatic hydroxyl groups is 1. The third-order valence-electron chi connectivity index (χ3n) is 8.52. The molecule has 0 saturated heterocycles. The van der Waals surface area contributed by atoms with E-state index in [2.05, 4.69) is 31.3 Å². The molecule has 8 nitrogen and oxygen atoms in total. The van der Waals surface area contributed by atoms with E-state index in [4.69, 9.17) is 14.8 Å². The van der Waals surface area contributed by atoms with E-state index in [1.54, 1.807) is 6.08 Å². The second-order valence-electron chi connectivity index (χ2n) is 13.1. The van der Waals surface area contributed by atoms with Crippen LogP contribution in [0.25, 0.3) is 0 Å². The second-order valence-corrected chi connectivity index (χ2v) is 14.6. The van der Waals surface area contributed by atoms with Crippen LogP contribution in [0.5, 0.6) is 0 Å². The molecule has 0 aromatic carbocycles. The number of phosphoric acid groups is 1. The van der Waals surface area contributed by atoms with Gasteiger partial charge in [0.25, 0.3) is 0 Å². The summed E-state index contributed by atoms with van der Waals surface area (Å²) in [5.74, 6) is -0.199. The predicted molar refractivity (Wildman–Crippen MR) is 198 cm³/mol. The number of hydrogen-bond acceptors (Lipinski definition) is 6. The van der Waals surface area contributed by atoms with Gasteiger partial charge in [0.2, 0.25) is 5.91 Å². The highest BCUT2D eigenvalue weighted by atomic mass is 31.2. The van der Waals surface area contributed by atoms with Crippen molar-refractivity contribution in [2.24, 2.45) is 5.73 Å². The monoisotopic (exact) mass is 687 g/mol. The maximum Gasteiger partial charge on any atom is 0.472 e. The summed E-state index contributed by atoms with van der Waals surface area (Å²) in [6.07, 6.45) is 38.0. The molecule has 278 valence electrons. The maximum absolute atomic E-state index is 12.7. The highest BCUT2D eigenvalue weighted by Crippen LogP contribution is 2.43. The number of rotatable bonds is 36. The molecule has 0 spiro atoms. The van der Waals surface area contributed by atoms with Crippen molar-refractivity contribution >= 4 is 13.7 Å². The minimum absolute atomic E-state index is 0.0787. The zero-order valence-electron chi connectivity index (χ0n) is 30.5. The van der Waals surface area contributed by atoms with Crippen molar-refractivity contribution in [2.45, 2.75) is 193 Å². The first-order valence-electron chi connectivity index (χ1n) is 19.5. The van der Waals surface area contributed by atoms with Crippen LogP contribution < -0.4 is 11.1 Å². The number of carbonyl (C=O) groups is 1. The number of hydrogen-bond donors (Lipinski definition) is 4. The summed E-state index contributed by atoms with van der Waals surface area (Å²) in [5.41, 5.74) is 5.35. The van der Waals surface area contributed by atoms with Crippen LogP contribution in [0.1, 0.15) is 181 Å². The van der Waals surface area contributed by atoms with E-state index in [-0.39, 0.29) is 25.7 Å². The first-order valence-corrected chi connectivity index (χ1v) is 21.0. The molecule has 0 aliphatic heterocycles. The van der Waals surface area contributed by atoms with Gasteiger partial charge < -0.3 is 21.1 Å². The Morgan fingerprint density at radius 3 is 1.57 bits per heavy atom. The summed E-state index contributed by atoms with van der Waals surface area (Å²) >= 11 is 0. The number of unbranched alkanes of at least 4 members (excludes halogenated alkanes) is 22. The number of nitrogens with two attached hydrogens (primary N) is 1. The van der Waals surface area contributed by atoms with E-state index in [0.717, 1.165) is 38.5 Å². The summed E-state index contributed by atoms with van der Waals surface area (Å²) in [6.45, 7) is 4.09. The van der Waals surface area contributed by atoms with Gasteiger partial charge in [0, 0.05) is 13.0 Å². The standard InChI is InChI=1S/C38H75N2O6P/c1-3-5-7-9-11-13-14-15-16-17-18-19-20-21-22-24-26-28-30-32-38(42)40-36(35-46-47(43,44)45-34-33-39)37(41)31-29-27-25-23-12-10-8-6-4-2/h15-16,29,31,36-37,41H,3-14,17-28,30,32-35,39H2,1-2H3,(H,40,42)(H,43,44)/b16-15-,31-29+. The van der Waals surface area contributed by atoms with Gasteiger partial charge in [0.05, 0.1) is 25.4 Å². The fourth-order valence-corrected chi connectivity index (χ4v) is 6.30. The van der Waals surface area contributed by atoms with Crippen LogP contribution in [0.3, 0.4) is 0 Å². The molecule has 0 bridgehead atoms. The Bertz CT molecular complexity index is 794. The molecule has 0 aliphatic carbocycles. The molecule has 0 aromatic rings. The molecular weight excluding hydrogens is 611 g/mol. The molecule has 47 heavy (non-hydrogen) atoms. The van der Waals surface area contributed by atoms with Crippen LogP contribution in [0.2, 0.25) is 0 Å². The van der Waals surface area contributed by atoms with Gasteiger partial charge in [0.15, 0.2) is 0 Å². The normalized spacial score (nSPS) is 14.6. The summed E-state index contributed by atoms with van der Waals surface area (Å²) < 4.78 is 22.0. The summed E-state index contributed by atoms with van der Waals surface area (Å²) in [6, 6.07) is -0.856. The molecule has 3 atom stereocenters. The highest BCUT2D eigenvalue weighted by molar-refractivity contribution is 7.47. The number of allylic oxidation sites excluding steroid dienone is 3. The lowest BCUT2D eigenvalue weighted by Crippen LogP contribution is -2.45. The summed E-state index contributed by atoms with van der Waals surface area (Å²) in [5, 5.41) is 13.6. The average Bonchev–Trinajstić information content (AvgIpc) is 3.05. The first kappa shape index (κ1) is 46.0. The van der Waals surface area contributed by atoms with Crippen LogP contribution in [0, 0.1) is 0 Å². The van der Waals surface area contributed by atoms with Crippen molar-refractivity contribution in [3.05, 3.63) is 24.3 Å². The summed E-state index contributed by atoms with van der Waals surface area (Å²) in [4.78, 5) is 22.6. The van der Waals surface area contributed by atoms with Gasteiger partial charge in [-0.05, 0) is 44.9 Å². The molecule has 5 N–H and O–H groups in total. The predicted octanol–water partition coefficient (Wildman–Crippen LogP) is 10.2. The molecule has 0 radical (unpaired) electrons. The molecule has 0 aliphatic rings. The van der Waals surface area contributed by atoms with Crippen molar-refractivity contribution in [1.29, 1.82) is 0 Å². The Balaban J connectivity index is 4.16. The van der Waals surface area contributed by atoms with Gasteiger partial charge in [-0.3, -0.25) is 13.8 Å². The molecule has 9 heteroatoms. The molecule has 3 unspecified atom stereocenters. The molecule has 0 aromatic heterocycles. The van der Waals surface area contributed by atoms with E-state index < -0.39 is 20.0 Å². The third kappa shape index (κ3) is 33.3. The Labute approximate surface area is 289 Å². The minimum atomic E-state index is -4.33. The lowest BCUT2D eigenvalue weighted by molar-refractivity contribution is -0.123. The van der Waals surface area contributed by atoms with Gasteiger partial charge in [0.1, 0.15) is 0 Å². The zero-order chi connectivity index (χ0) is 34.7. The van der Waals surface area contributed by atoms with E-state index >= 15 is 0 Å². The van der Waals surface area contributed by atoms with Crippen molar-refractivity contribution < 1.29 is 28.4 Å². The number of nitrogens with one attached hydrogen (secondary N) is 1. The SMILES string of the molecule is CCCCCCCC/C=C\CCCCCCCCCCCC(=O)NC(COP(=O)(O)OCCN)C(O)/C=C/CCCCCCCCC. The zero-order valence-corrected chi connectivity index (χ0v) is 31.4. The molecule has 0 saturated carbocycles. The van der Waals surface area contributed by atoms with E-state index in [1.165, 1.54) is 122 Å². The number of aliphatic hydroxyl groups excluding tert-OH is 1. The Morgan fingerprint density at radius 2 is 1.11 bits per heavy atom. The van der Waals surface area contributed by atoms with Crippen molar-refractivity contribution in [3.63, 3.8) is 0 Å². The largest absolute Gasteiger partial charge is 0.472 e. The molecular formula is C38H75N2O6P. The van der Waals surface area contributed by atoms with Crippen molar-refractivity contribution in [2.75, 3.05) is 19.8 Å². The van der Waals surface area contributed by atoms with Crippen molar-refractivity contribution in [1.82, 2.24) is 5.32 Å². The smallest absolute Gasteiger partial charge is 0.387 e. The number of carbonyl (C=O) groups excluding carboxylic acids is 1. The quantitative estimate of drug-likeness (QED) is 0.0293. The van der Waals surface area contributed by atoms with Gasteiger partial charge in [-0.2, -0.15) is 0 Å². The lowest BCUT2D eigenvalue weighted by atomic mass is 10.0. The maximum atomic E-state index is 12.7. The Kier molecular flexibility index (Phi) is 34.1. The van der Waals surface area contributed by atoms with E-state index in [1.807, 2.05) is 6.08 Å².